The van der Waals surface area contributed by atoms with Gasteiger partial charge in [0, 0.05) is 5.56 Å². The largest absolute Gasteiger partial charge is 0.573 e. The molecule has 4 nitrogen and oxygen atoms in total. The Bertz CT molecular complexity index is 677. The summed E-state index contributed by atoms with van der Waals surface area (Å²) in [5.41, 5.74) is 6.66. The number of nitrogens with zero attached hydrogens (tertiary/aromatic N) is 2. The molecule has 1 aromatic heterocycles. The second-order valence-corrected chi connectivity index (χ2v) is 3.82. The van der Waals surface area contributed by atoms with Crippen molar-refractivity contribution in [2.45, 2.75) is 6.36 Å². The molecular formula is C13H8F3N3O. The van der Waals surface area contributed by atoms with Crippen LogP contribution < -0.4 is 10.5 Å². The third kappa shape index (κ3) is 3.17. The molecule has 102 valence electrons. The lowest BCUT2D eigenvalue weighted by Crippen LogP contribution is -2.17. The Hall–Kier alpha value is -2.75. The number of nitriles is 1. The number of ether oxygens (including phenoxy) is 1. The Balaban J connectivity index is 2.39. The first kappa shape index (κ1) is 13.7. The molecule has 0 atom stereocenters. The van der Waals surface area contributed by atoms with Crippen molar-refractivity contribution in [3.05, 3.63) is 42.1 Å². The Kier molecular flexibility index (Phi) is 3.48. The van der Waals surface area contributed by atoms with Crippen molar-refractivity contribution in [1.82, 2.24) is 4.98 Å². The smallest absolute Gasteiger partial charge is 0.406 e. The number of hydrogen-bond acceptors (Lipinski definition) is 4. The molecule has 1 aromatic carbocycles. The summed E-state index contributed by atoms with van der Waals surface area (Å²) in [5, 5.41) is 8.68. The fourth-order valence-corrected chi connectivity index (χ4v) is 1.64. The lowest BCUT2D eigenvalue weighted by atomic mass is 10.1. The predicted molar refractivity (Wildman–Crippen MR) is 65.5 cm³/mol. The number of benzene rings is 1. The van der Waals surface area contributed by atoms with E-state index in [9.17, 15) is 13.2 Å². The van der Waals surface area contributed by atoms with E-state index in [0.717, 1.165) is 0 Å². The Morgan fingerprint density at radius 3 is 2.55 bits per heavy atom. The molecule has 0 amide bonds. The molecule has 0 radical (unpaired) electrons. The van der Waals surface area contributed by atoms with Gasteiger partial charge in [0.25, 0.3) is 0 Å². The number of halogens is 3. The summed E-state index contributed by atoms with van der Waals surface area (Å²) in [5.74, 6) is -0.285. The normalized spacial score (nSPS) is 10.9. The highest BCUT2D eigenvalue weighted by atomic mass is 19.4. The molecule has 0 spiro atoms. The van der Waals surface area contributed by atoms with E-state index in [4.69, 9.17) is 11.0 Å². The lowest BCUT2D eigenvalue weighted by molar-refractivity contribution is -0.274. The molecular weight excluding hydrogens is 271 g/mol. The molecule has 2 rings (SSSR count). The highest BCUT2D eigenvalue weighted by Gasteiger charge is 2.31. The highest BCUT2D eigenvalue weighted by Crippen LogP contribution is 2.30. The molecule has 0 fully saturated rings. The average Bonchev–Trinajstić information content (AvgIpc) is 2.36. The minimum Gasteiger partial charge on any atom is -0.406 e. The molecule has 0 saturated carbocycles. The van der Waals surface area contributed by atoms with Crippen molar-refractivity contribution in [3.63, 3.8) is 0 Å². The summed E-state index contributed by atoms with van der Waals surface area (Å²) in [6.07, 6.45) is -4.76. The van der Waals surface area contributed by atoms with Gasteiger partial charge in [-0.25, -0.2) is 4.98 Å². The molecule has 0 unspecified atom stereocenters. The molecule has 2 N–H and O–H groups in total. The van der Waals surface area contributed by atoms with E-state index in [2.05, 4.69) is 9.72 Å². The van der Waals surface area contributed by atoms with Crippen molar-refractivity contribution in [2.24, 2.45) is 0 Å². The van der Waals surface area contributed by atoms with E-state index < -0.39 is 6.36 Å². The van der Waals surface area contributed by atoms with Crippen LogP contribution in [0, 0.1) is 11.3 Å². The zero-order valence-corrected chi connectivity index (χ0v) is 9.98. The number of nitrogens with two attached hydrogens (primary N) is 1. The molecule has 1 heterocycles. The Labute approximate surface area is 112 Å². The van der Waals surface area contributed by atoms with Crippen LogP contribution in [0.2, 0.25) is 0 Å². The molecule has 2 aromatic rings. The molecule has 0 aliphatic heterocycles. The van der Waals surface area contributed by atoms with Crippen molar-refractivity contribution in [1.29, 1.82) is 5.26 Å². The number of pyridine rings is 1. The molecule has 0 saturated heterocycles. The predicted octanol–water partition coefficient (Wildman–Crippen LogP) is 3.10. The van der Waals surface area contributed by atoms with E-state index in [1.165, 1.54) is 30.3 Å². The van der Waals surface area contributed by atoms with Gasteiger partial charge in [-0.15, -0.1) is 13.2 Å². The summed E-state index contributed by atoms with van der Waals surface area (Å²) >= 11 is 0. The van der Waals surface area contributed by atoms with Crippen LogP contribution in [0.3, 0.4) is 0 Å². The maximum absolute atomic E-state index is 12.2. The topological polar surface area (TPSA) is 71.9 Å². The summed E-state index contributed by atoms with van der Waals surface area (Å²) in [4.78, 5) is 3.83. The maximum Gasteiger partial charge on any atom is 0.573 e. The van der Waals surface area contributed by atoms with Gasteiger partial charge in [-0.3, -0.25) is 0 Å². The van der Waals surface area contributed by atoms with E-state index in [-0.39, 0.29) is 17.3 Å². The highest BCUT2D eigenvalue weighted by molar-refractivity contribution is 5.75. The van der Waals surface area contributed by atoms with Gasteiger partial charge >= 0.3 is 6.36 Å². The monoisotopic (exact) mass is 279 g/mol. The number of rotatable bonds is 2. The van der Waals surface area contributed by atoms with E-state index >= 15 is 0 Å². The summed E-state index contributed by atoms with van der Waals surface area (Å²) < 4.78 is 40.3. The quantitative estimate of drug-likeness (QED) is 0.916. The second-order valence-electron chi connectivity index (χ2n) is 3.82. The van der Waals surface area contributed by atoms with Crippen LogP contribution in [-0.4, -0.2) is 11.3 Å². The number of alkyl halides is 3. The van der Waals surface area contributed by atoms with Gasteiger partial charge in [0.1, 0.15) is 23.3 Å². The summed E-state index contributed by atoms with van der Waals surface area (Å²) in [6, 6.07) is 10.1. The SMILES string of the molecule is N#Cc1ccc(-c2cccc(OC(F)(F)F)c2)c(N)n1. The standard InChI is InChI=1S/C13H8F3N3O/c14-13(15,16)20-10-3-1-2-8(6-10)11-5-4-9(7-17)19-12(11)18/h1-6H,(H2,18,19). The van der Waals surface area contributed by atoms with E-state index in [1.54, 1.807) is 6.07 Å². The van der Waals surface area contributed by atoms with Gasteiger partial charge in [-0.1, -0.05) is 12.1 Å². The fourth-order valence-electron chi connectivity index (χ4n) is 1.64. The maximum atomic E-state index is 12.2. The van der Waals surface area contributed by atoms with Gasteiger partial charge in [0.15, 0.2) is 0 Å². The molecule has 7 heteroatoms. The first-order valence-electron chi connectivity index (χ1n) is 5.42. The molecule has 0 aliphatic rings. The fraction of sp³-hybridized carbons (Fsp3) is 0.0769. The molecule has 20 heavy (non-hydrogen) atoms. The molecule has 0 bridgehead atoms. The van der Waals surface area contributed by atoms with Crippen molar-refractivity contribution < 1.29 is 17.9 Å². The number of nitrogen functional groups attached to an aromatic ring is 1. The van der Waals surface area contributed by atoms with Crippen molar-refractivity contribution in [2.75, 3.05) is 5.73 Å². The number of anilines is 1. The van der Waals surface area contributed by atoms with Gasteiger partial charge in [0.2, 0.25) is 0 Å². The van der Waals surface area contributed by atoms with Gasteiger partial charge < -0.3 is 10.5 Å². The second kappa shape index (κ2) is 5.09. The van der Waals surface area contributed by atoms with Gasteiger partial charge in [-0.2, -0.15) is 5.26 Å². The zero-order chi connectivity index (χ0) is 14.8. The van der Waals surface area contributed by atoms with Crippen LogP contribution in [0.1, 0.15) is 5.69 Å². The van der Waals surface area contributed by atoms with Gasteiger partial charge in [-0.05, 0) is 29.8 Å². The number of hydrogen-bond donors (Lipinski definition) is 1. The average molecular weight is 279 g/mol. The Morgan fingerprint density at radius 1 is 1.20 bits per heavy atom. The minimum absolute atomic E-state index is 0.0632. The lowest BCUT2D eigenvalue weighted by Gasteiger charge is -2.11. The molecule has 0 aliphatic carbocycles. The van der Waals surface area contributed by atoms with E-state index in [0.29, 0.717) is 11.1 Å². The Morgan fingerprint density at radius 2 is 1.95 bits per heavy atom. The van der Waals surface area contributed by atoms with Crippen LogP contribution in [-0.2, 0) is 0 Å². The van der Waals surface area contributed by atoms with Crippen molar-refractivity contribution in [3.8, 4) is 22.9 Å². The van der Waals surface area contributed by atoms with Crippen LogP contribution in [0.5, 0.6) is 5.75 Å². The third-order valence-corrected chi connectivity index (χ3v) is 2.42. The summed E-state index contributed by atoms with van der Waals surface area (Å²) in [6.45, 7) is 0. The van der Waals surface area contributed by atoms with Gasteiger partial charge in [0.05, 0.1) is 0 Å². The first-order valence-corrected chi connectivity index (χ1v) is 5.42. The van der Waals surface area contributed by atoms with Crippen LogP contribution in [0.4, 0.5) is 19.0 Å². The van der Waals surface area contributed by atoms with Crippen LogP contribution >= 0.6 is 0 Å². The first-order chi connectivity index (χ1) is 9.39. The zero-order valence-electron chi connectivity index (χ0n) is 9.98. The van der Waals surface area contributed by atoms with Crippen LogP contribution in [0.15, 0.2) is 36.4 Å². The van der Waals surface area contributed by atoms with E-state index in [1.807, 2.05) is 6.07 Å². The summed E-state index contributed by atoms with van der Waals surface area (Å²) in [7, 11) is 0. The number of aromatic nitrogens is 1. The minimum atomic E-state index is -4.76. The van der Waals surface area contributed by atoms with Crippen molar-refractivity contribution >= 4 is 5.82 Å². The third-order valence-electron chi connectivity index (χ3n) is 2.42. The van der Waals surface area contributed by atoms with Crippen LogP contribution in [0.25, 0.3) is 11.1 Å².